The molecular weight excluding hydrogens is 273 g/mol. The van der Waals surface area contributed by atoms with Crippen molar-refractivity contribution in [2.75, 3.05) is 12.4 Å². The zero-order chi connectivity index (χ0) is 14.8. The first-order valence-electron chi connectivity index (χ1n) is 6.22. The average Bonchev–Trinajstić information content (AvgIpc) is 2.94. The third-order valence-electron chi connectivity index (χ3n) is 3.03. The molecule has 0 unspecified atom stereocenters. The molecule has 106 valence electrons. The van der Waals surface area contributed by atoms with Gasteiger partial charge in [0.05, 0.1) is 17.6 Å². The molecule has 21 heavy (non-hydrogen) atoms. The molecule has 2 N–H and O–H groups in total. The summed E-state index contributed by atoms with van der Waals surface area (Å²) >= 11 is 0. The lowest BCUT2D eigenvalue weighted by molar-refractivity contribution is 0.476. The Balaban J connectivity index is 1.97. The van der Waals surface area contributed by atoms with E-state index in [2.05, 4.69) is 20.5 Å². The van der Waals surface area contributed by atoms with Gasteiger partial charge in [0.1, 0.15) is 17.9 Å². The molecular formula is C14H12FN5O. The Morgan fingerprint density at radius 2 is 2.05 bits per heavy atom. The lowest BCUT2D eigenvalue weighted by atomic mass is 10.1. The number of aromatic nitrogens is 4. The first-order chi connectivity index (χ1) is 10.2. The highest BCUT2D eigenvalue weighted by Gasteiger charge is 2.09. The van der Waals surface area contributed by atoms with Gasteiger partial charge in [-0.3, -0.25) is 0 Å². The third-order valence-corrected chi connectivity index (χ3v) is 3.03. The second-order valence-corrected chi connectivity index (χ2v) is 4.36. The van der Waals surface area contributed by atoms with Gasteiger partial charge in [0.15, 0.2) is 0 Å². The summed E-state index contributed by atoms with van der Waals surface area (Å²) in [7, 11) is 1.75. The zero-order valence-corrected chi connectivity index (χ0v) is 11.2. The SMILES string of the molecule is CNc1ccc(-c2ccc(-n3cnc(F)c3)cc2O)nn1. The molecule has 0 atom stereocenters. The van der Waals surface area contributed by atoms with E-state index in [0.717, 1.165) is 0 Å². The number of hydrogen-bond donors (Lipinski definition) is 2. The molecule has 0 bridgehead atoms. The van der Waals surface area contributed by atoms with Gasteiger partial charge in [0.25, 0.3) is 0 Å². The number of halogens is 1. The molecule has 0 aliphatic heterocycles. The smallest absolute Gasteiger partial charge is 0.231 e. The standard InChI is InChI=1S/C14H12FN5O/c1-16-14-5-4-11(18-19-14)10-3-2-9(6-12(10)21)20-7-13(15)17-8-20/h2-8,21H,1H3,(H,16,19). The second kappa shape index (κ2) is 5.20. The summed E-state index contributed by atoms with van der Waals surface area (Å²) in [4.78, 5) is 3.51. The number of imidazole rings is 1. The van der Waals surface area contributed by atoms with Crippen molar-refractivity contribution in [3.63, 3.8) is 0 Å². The minimum Gasteiger partial charge on any atom is -0.507 e. The first kappa shape index (κ1) is 13.0. The number of benzene rings is 1. The third kappa shape index (κ3) is 2.53. The molecule has 0 saturated carbocycles. The molecule has 2 heterocycles. The van der Waals surface area contributed by atoms with E-state index in [1.807, 2.05) is 0 Å². The van der Waals surface area contributed by atoms with Crippen molar-refractivity contribution in [1.82, 2.24) is 19.7 Å². The van der Waals surface area contributed by atoms with E-state index in [4.69, 9.17) is 0 Å². The highest BCUT2D eigenvalue weighted by atomic mass is 19.1. The van der Waals surface area contributed by atoms with Crippen LogP contribution in [-0.4, -0.2) is 31.9 Å². The monoisotopic (exact) mass is 285 g/mol. The zero-order valence-electron chi connectivity index (χ0n) is 11.2. The predicted octanol–water partition coefficient (Wildman–Crippen LogP) is 2.22. The molecule has 3 rings (SSSR count). The normalized spacial score (nSPS) is 10.6. The number of nitrogens with zero attached hydrogens (tertiary/aromatic N) is 4. The van der Waals surface area contributed by atoms with Gasteiger partial charge in [-0.25, -0.2) is 4.98 Å². The van der Waals surface area contributed by atoms with Crippen molar-refractivity contribution in [3.05, 3.63) is 48.8 Å². The molecule has 0 spiro atoms. The highest BCUT2D eigenvalue weighted by Crippen LogP contribution is 2.29. The van der Waals surface area contributed by atoms with E-state index in [-0.39, 0.29) is 5.75 Å². The number of hydrogen-bond acceptors (Lipinski definition) is 5. The van der Waals surface area contributed by atoms with Crippen LogP contribution in [0.4, 0.5) is 10.2 Å². The molecule has 7 heteroatoms. The lowest BCUT2D eigenvalue weighted by Crippen LogP contribution is -1.96. The summed E-state index contributed by atoms with van der Waals surface area (Å²) in [6.07, 6.45) is 2.57. The van der Waals surface area contributed by atoms with Crippen LogP contribution in [0.15, 0.2) is 42.9 Å². The maximum absolute atomic E-state index is 12.9. The van der Waals surface area contributed by atoms with E-state index in [0.29, 0.717) is 22.8 Å². The van der Waals surface area contributed by atoms with Crippen LogP contribution >= 0.6 is 0 Å². The van der Waals surface area contributed by atoms with Gasteiger partial charge < -0.3 is 15.0 Å². The number of phenols is 1. The second-order valence-electron chi connectivity index (χ2n) is 4.36. The topological polar surface area (TPSA) is 75.9 Å². The summed E-state index contributed by atoms with van der Waals surface area (Å²) in [5.74, 6) is 0.101. The minimum absolute atomic E-state index is 0.0353. The minimum atomic E-state index is -0.577. The Hall–Kier alpha value is -2.96. The Labute approximate surface area is 119 Å². The fourth-order valence-corrected chi connectivity index (χ4v) is 1.95. The molecule has 3 aromatic rings. The van der Waals surface area contributed by atoms with Gasteiger partial charge >= 0.3 is 0 Å². The van der Waals surface area contributed by atoms with Crippen LogP contribution in [-0.2, 0) is 0 Å². The van der Waals surface area contributed by atoms with Gasteiger partial charge in [-0.05, 0) is 24.3 Å². The number of rotatable bonds is 3. The van der Waals surface area contributed by atoms with Crippen LogP contribution < -0.4 is 5.32 Å². The molecule has 2 aromatic heterocycles. The van der Waals surface area contributed by atoms with E-state index < -0.39 is 5.95 Å². The van der Waals surface area contributed by atoms with E-state index in [9.17, 15) is 9.50 Å². The van der Waals surface area contributed by atoms with Crippen LogP contribution in [0.3, 0.4) is 0 Å². The summed E-state index contributed by atoms with van der Waals surface area (Å²) in [5.41, 5.74) is 1.71. The maximum Gasteiger partial charge on any atom is 0.231 e. The quantitative estimate of drug-likeness (QED) is 0.771. The Morgan fingerprint density at radius 1 is 1.19 bits per heavy atom. The molecule has 6 nitrogen and oxygen atoms in total. The van der Waals surface area contributed by atoms with Gasteiger partial charge in [-0.1, -0.05) is 0 Å². The molecule has 0 saturated heterocycles. The van der Waals surface area contributed by atoms with Crippen LogP contribution in [0, 0.1) is 5.95 Å². The van der Waals surface area contributed by atoms with Gasteiger partial charge in [0.2, 0.25) is 5.95 Å². The average molecular weight is 285 g/mol. The summed E-state index contributed by atoms with van der Waals surface area (Å²) in [6.45, 7) is 0. The van der Waals surface area contributed by atoms with Crippen molar-refractivity contribution in [3.8, 4) is 22.7 Å². The van der Waals surface area contributed by atoms with Gasteiger partial charge in [0, 0.05) is 18.7 Å². The van der Waals surface area contributed by atoms with Crippen LogP contribution in [0.5, 0.6) is 5.75 Å². The van der Waals surface area contributed by atoms with Crippen molar-refractivity contribution in [1.29, 1.82) is 0 Å². The van der Waals surface area contributed by atoms with E-state index >= 15 is 0 Å². The Bertz CT molecular complexity index is 769. The predicted molar refractivity (Wildman–Crippen MR) is 75.8 cm³/mol. The molecule has 0 aliphatic carbocycles. The first-order valence-corrected chi connectivity index (χ1v) is 6.22. The molecule has 1 aromatic carbocycles. The van der Waals surface area contributed by atoms with Crippen LogP contribution in [0.1, 0.15) is 0 Å². The highest BCUT2D eigenvalue weighted by molar-refractivity contribution is 5.68. The van der Waals surface area contributed by atoms with Crippen molar-refractivity contribution in [2.45, 2.75) is 0 Å². The fraction of sp³-hybridized carbons (Fsp3) is 0.0714. The number of phenolic OH excluding ortho intramolecular Hbond substituents is 1. The largest absolute Gasteiger partial charge is 0.507 e. The Kier molecular flexibility index (Phi) is 3.23. The van der Waals surface area contributed by atoms with Gasteiger partial charge in [-0.2, -0.15) is 4.39 Å². The van der Waals surface area contributed by atoms with Crippen molar-refractivity contribution in [2.24, 2.45) is 0 Å². The Morgan fingerprint density at radius 3 is 2.62 bits per heavy atom. The molecule has 0 amide bonds. The maximum atomic E-state index is 12.9. The number of nitrogens with one attached hydrogen (secondary N) is 1. The summed E-state index contributed by atoms with van der Waals surface area (Å²) < 4.78 is 14.4. The van der Waals surface area contributed by atoms with Crippen LogP contribution in [0.2, 0.25) is 0 Å². The summed E-state index contributed by atoms with van der Waals surface area (Å²) in [5, 5.41) is 21.0. The fourth-order valence-electron chi connectivity index (χ4n) is 1.95. The van der Waals surface area contributed by atoms with Crippen molar-refractivity contribution < 1.29 is 9.50 Å². The van der Waals surface area contributed by atoms with Crippen molar-refractivity contribution >= 4 is 5.82 Å². The van der Waals surface area contributed by atoms with E-state index in [1.54, 1.807) is 31.3 Å². The number of aromatic hydroxyl groups is 1. The molecule has 0 fully saturated rings. The van der Waals surface area contributed by atoms with Gasteiger partial charge in [-0.15, -0.1) is 10.2 Å². The summed E-state index contributed by atoms with van der Waals surface area (Å²) in [6, 6.07) is 8.48. The van der Waals surface area contributed by atoms with Crippen LogP contribution in [0.25, 0.3) is 16.9 Å². The van der Waals surface area contributed by atoms with E-state index in [1.165, 1.54) is 23.2 Å². The number of anilines is 1. The molecule has 0 aliphatic rings. The molecule has 0 radical (unpaired) electrons. The lowest BCUT2D eigenvalue weighted by Gasteiger charge is -2.07.